The van der Waals surface area contributed by atoms with Crippen LogP contribution < -0.4 is 4.90 Å². The number of halogens is 2. The highest BCUT2D eigenvalue weighted by atomic mass is 79.9. The second-order valence-corrected chi connectivity index (χ2v) is 10.9. The second kappa shape index (κ2) is 7.98. The van der Waals surface area contributed by atoms with Gasteiger partial charge in [-0.1, -0.05) is 49.1 Å². The highest BCUT2D eigenvalue weighted by Gasteiger charge is 2.40. The van der Waals surface area contributed by atoms with Crippen molar-refractivity contribution in [1.82, 2.24) is 4.31 Å². The highest BCUT2D eigenvalue weighted by Crippen LogP contribution is 2.43. The van der Waals surface area contributed by atoms with E-state index < -0.39 is 10.0 Å². The summed E-state index contributed by atoms with van der Waals surface area (Å²) in [6.07, 6.45) is 5.74. The molecule has 0 saturated heterocycles. The van der Waals surface area contributed by atoms with Gasteiger partial charge in [0.25, 0.3) is 0 Å². The van der Waals surface area contributed by atoms with Gasteiger partial charge < -0.3 is 4.90 Å². The van der Waals surface area contributed by atoms with E-state index in [0.717, 1.165) is 18.5 Å². The fraction of sp³-hybridized carbons (Fsp3) is 0.429. The van der Waals surface area contributed by atoms with Gasteiger partial charge in [-0.25, -0.2) is 8.42 Å². The molecule has 4 rings (SSSR count). The predicted octanol–water partition coefficient (Wildman–Crippen LogP) is 5.82. The number of para-hydroxylation sites is 1. The third-order valence-corrected chi connectivity index (χ3v) is 9.16. The Morgan fingerprint density at radius 3 is 2.43 bits per heavy atom. The minimum Gasteiger partial charge on any atom is -0.339 e. The maximum absolute atomic E-state index is 13.6. The molecule has 1 fully saturated rings. The summed E-state index contributed by atoms with van der Waals surface area (Å²) < 4.78 is 29.3. The molecule has 0 radical (unpaired) electrons. The van der Waals surface area contributed by atoms with E-state index in [9.17, 15) is 8.42 Å². The number of benzene rings is 2. The molecule has 1 heterocycles. The van der Waals surface area contributed by atoms with Crippen LogP contribution in [0.15, 0.2) is 51.8 Å². The van der Waals surface area contributed by atoms with Crippen molar-refractivity contribution in [3.63, 3.8) is 0 Å². The summed E-state index contributed by atoms with van der Waals surface area (Å²) in [5.74, 6) is 0.368. The molecule has 2 aromatic carbocycles. The second-order valence-electron chi connectivity index (χ2n) is 7.67. The van der Waals surface area contributed by atoms with Crippen LogP contribution in [-0.4, -0.2) is 32.4 Å². The average Bonchev–Trinajstić information content (AvgIpc) is 2.78. The lowest BCUT2D eigenvalue weighted by Crippen LogP contribution is -2.46. The maximum Gasteiger partial charge on any atom is 0.245 e. The molecule has 1 aliphatic carbocycles. The van der Waals surface area contributed by atoms with Crippen molar-refractivity contribution in [1.29, 1.82) is 0 Å². The average molecular weight is 484 g/mol. The highest BCUT2D eigenvalue weighted by molar-refractivity contribution is 9.10. The van der Waals surface area contributed by atoms with E-state index in [1.54, 1.807) is 23.5 Å². The van der Waals surface area contributed by atoms with Crippen molar-refractivity contribution < 1.29 is 8.42 Å². The van der Waals surface area contributed by atoms with Crippen molar-refractivity contribution in [2.45, 2.75) is 43.0 Å². The van der Waals surface area contributed by atoms with Crippen LogP contribution in [0.3, 0.4) is 0 Å². The Morgan fingerprint density at radius 2 is 1.75 bits per heavy atom. The zero-order valence-electron chi connectivity index (χ0n) is 15.8. The molecule has 0 bridgehead atoms. The van der Waals surface area contributed by atoms with Gasteiger partial charge in [0.15, 0.2) is 0 Å². The molecule has 2 aromatic rings. The van der Waals surface area contributed by atoms with Crippen molar-refractivity contribution in [2.75, 3.05) is 18.5 Å². The Kier molecular flexibility index (Phi) is 5.76. The Balaban J connectivity index is 1.90. The van der Waals surface area contributed by atoms with Crippen LogP contribution in [0.5, 0.6) is 0 Å². The summed E-state index contributed by atoms with van der Waals surface area (Å²) in [6.45, 7) is 0.620. The molecule has 2 aliphatic rings. The summed E-state index contributed by atoms with van der Waals surface area (Å²) in [5.41, 5.74) is 1.62. The molecule has 150 valence electrons. The first kappa shape index (κ1) is 20.2. The number of anilines is 2. The summed E-state index contributed by atoms with van der Waals surface area (Å²) in [6, 6.07) is 13.3. The van der Waals surface area contributed by atoms with Gasteiger partial charge in [0, 0.05) is 29.8 Å². The van der Waals surface area contributed by atoms with Crippen LogP contribution in [-0.2, 0) is 10.0 Å². The van der Waals surface area contributed by atoms with E-state index in [1.165, 1.54) is 19.3 Å². The molecular weight excluding hydrogens is 460 g/mol. The van der Waals surface area contributed by atoms with E-state index in [-0.39, 0.29) is 6.04 Å². The number of sulfonamides is 1. The van der Waals surface area contributed by atoms with Crippen LogP contribution in [0.25, 0.3) is 0 Å². The lowest BCUT2D eigenvalue weighted by Gasteiger charge is -2.36. The van der Waals surface area contributed by atoms with Crippen molar-refractivity contribution >= 4 is 48.9 Å². The van der Waals surface area contributed by atoms with Gasteiger partial charge in [-0.2, -0.15) is 4.31 Å². The number of nitrogens with zero attached hydrogens (tertiary/aromatic N) is 2. The fourth-order valence-corrected chi connectivity index (χ4v) is 6.75. The van der Waals surface area contributed by atoms with E-state index in [0.29, 0.717) is 32.5 Å². The lowest BCUT2D eigenvalue weighted by molar-refractivity contribution is 0.218. The molecular formula is C21H24BrClN2O2S. The van der Waals surface area contributed by atoms with Gasteiger partial charge in [0.05, 0.1) is 10.7 Å². The first-order chi connectivity index (χ1) is 13.4. The smallest absolute Gasteiger partial charge is 0.245 e. The Morgan fingerprint density at radius 1 is 1.07 bits per heavy atom. The first-order valence-electron chi connectivity index (χ1n) is 9.69. The zero-order valence-corrected chi connectivity index (χ0v) is 19.0. The minimum atomic E-state index is -3.63. The van der Waals surface area contributed by atoms with Crippen LogP contribution in [0.2, 0.25) is 5.02 Å². The van der Waals surface area contributed by atoms with Gasteiger partial charge in [-0.15, -0.1) is 0 Å². The van der Waals surface area contributed by atoms with Gasteiger partial charge >= 0.3 is 0 Å². The van der Waals surface area contributed by atoms with Crippen LogP contribution in [0, 0.1) is 5.92 Å². The Hall–Kier alpha value is -1.08. The van der Waals surface area contributed by atoms with Gasteiger partial charge in [0.2, 0.25) is 10.0 Å². The number of fused-ring (bicyclic) bond motifs is 1. The number of hydrogen-bond acceptors (Lipinski definition) is 3. The third-order valence-electron chi connectivity index (χ3n) is 6.05. The summed E-state index contributed by atoms with van der Waals surface area (Å²) in [7, 11) is -1.90. The summed E-state index contributed by atoms with van der Waals surface area (Å²) in [4.78, 5) is 2.42. The molecule has 7 heteroatoms. The molecule has 1 saturated carbocycles. The molecule has 1 atom stereocenters. The number of hydrogen-bond donors (Lipinski definition) is 0. The molecule has 28 heavy (non-hydrogen) atoms. The summed E-state index contributed by atoms with van der Waals surface area (Å²) >= 11 is 9.79. The first-order valence-corrected chi connectivity index (χ1v) is 12.3. The molecule has 0 spiro atoms. The van der Waals surface area contributed by atoms with Gasteiger partial charge in [0.1, 0.15) is 4.90 Å². The zero-order chi connectivity index (χ0) is 19.9. The molecule has 4 nitrogen and oxygen atoms in total. The van der Waals surface area contributed by atoms with Crippen molar-refractivity contribution in [3.8, 4) is 0 Å². The third kappa shape index (κ3) is 3.60. The predicted molar refractivity (Wildman–Crippen MR) is 118 cm³/mol. The van der Waals surface area contributed by atoms with Crippen molar-refractivity contribution in [3.05, 3.63) is 52.0 Å². The fourth-order valence-electron chi connectivity index (χ4n) is 4.49. The molecule has 0 unspecified atom stereocenters. The molecule has 1 aliphatic heterocycles. The van der Waals surface area contributed by atoms with E-state index in [2.05, 4.69) is 20.8 Å². The van der Waals surface area contributed by atoms with E-state index >= 15 is 0 Å². The topological polar surface area (TPSA) is 40.6 Å². The largest absolute Gasteiger partial charge is 0.339 e. The van der Waals surface area contributed by atoms with Gasteiger partial charge in [-0.05, 0) is 59.0 Å². The van der Waals surface area contributed by atoms with E-state index in [4.69, 9.17) is 11.6 Å². The van der Waals surface area contributed by atoms with Crippen LogP contribution in [0.1, 0.15) is 32.1 Å². The van der Waals surface area contributed by atoms with Crippen LogP contribution in [0.4, 0.5) is 11.4 Å². The molecule has 0 aromatic heterocycles. The Bertz CT molecular complexity index is 962. The van der Waals surface area contributed by atoms with Gasteiger partial charge in [-0.3, -0.25) is 0 Å². The molecule has 0 amide bonds. The normalized spacial score (nSPS) is 23.2. The van der Waals surface area contributed by atoms with Crippen molar-refractivity contribution in [2.24, 2.45) is 5.92 Å². The monoisotopic (exact) mass is 482 g/mol. The number of rotatable bonds is 2. The Labute approximate surface area is 180 Å². The lowest BCUT2D eigenvalue weighted by atomic mass is 9.83. The van der Waals surface area contributed by atoms with E-state index in [1.807, 2.05) is 30.3 Å². The van der Waals surface area contributed by atoms with Crippen LogP contribution >= 0.6 is 27.5 Å². The maximum atomic E-state index is 13.6. The quantitative estimate of drug-likeness (QED) is 0.540. The standard InChI is InChI=1S/C21H24BrClN2O2S/c1-24-20(15-8-4-2-5-9-15)14-25(16-10-6-3-7-11-16)19-13-18(23)17(22)12-21(19)28(24,26)27/h3,6-7,10-13,15,20H,2,4-5,8-9,14H2,1H3/t20-/m0/s1. The summed E-state index contributed by atoms with van der Waals surface area (Å²) in [5, 5.41) is 0.508. The SMILES string of the molecule is CN1[C@H](C2CCCCC2)CN(c2ccccc2)c2cc(Cl)c(Br)cc2S1(=O)=O. The molecule has 0 N–H and O–H groups in total. The number of likely N-dealkylation sites (N-methyl/N-ethyl adjacent to an activating group) is 1. The minimum absolute atomic E-state index is 0.0737.